The molecule has 1 fully saturated rings. The Hall–Kier alpha value is -1.39. The van der Waals surface area contributed by atoms with E-state index in [1.165, 1.54) is 5.56 Å². The van der Waals surface area contributed by atoms with Gasteiger partial charge in [-0.1, -0.05) is 30.3 Å². The summed E-state index contributed by atoms with van der Waals surface area (Å²) < 4.78 is 0. The van der Waals surface area contributed by atoms with E-state index >= 15 is 0 Å². The highest BCUT2D eigenvalue weighted by Gasteiger charge is 2.36. The van der Waals surface area contributed by atoms with E-state index in [0.29, 0.717) is 13.1 Å². The maximum absolute atomic E-state index is 12.0. The summed E-state index contributed by atoms with van der Waals surface area (Å²) in [5.74, 6) is 0.0595. The first kappa shape index (κ1) is 17.0. The van der Waals surface area contributed by atoms with Crippen molar-refractivity contribution in [2.75, 3.05) is 19.6 Å². The van der Waals surface area contributed by atoms with Crippen LogP contribution in [0.5, 0.6) is 0 Å². The Morgan fingerprint density at radius 1 is 1.36 bits per heavy atom. The van der Waals surface area contributed by atoms with Gasteiger partial charge >= 0.3 is 0 Å². The zero-order chi connectivity index (χ0) is 16.0. The van der Waals surface area contributed by atoms with Crippen LogP contribution in [0.25, 0.3) is 0 Å². The SMILES string of the molecule is CC(C)(O)C1CCCN1CC(=O)NCCCc1ccccc1. The molecule has 0 spiro atoms. The van der Waals surface area contributed by atoms with E-state index in [-0.39, 0.29) is 11.9 Å². The van der Waals surface area contributed by atoms with E-state index in [4.69, 9.17) is 0 Å². The van der Waals surface area contributed by atoms with Crippen molar-refractivity contribution in [1.29, 1.82) is 0 Å². The first-order chi connectivity index (χ1) is 10.5. The number of nitrogens with zero attached hydrogens (tertiary/aromatic N) is 1. The van der Waals surface area contributed by atoms with Crippen molar-refractivity contribution in [3.05, 3.63) is 35.9 Å². The lowest BCUT2D eigenvalue weighted by Crippen LogP contribution is -2.49. The number of aryl methyl sites for hydroxylation is 1. The molecule has 0 aromatic heterocycles. The average molecular weight is 304 g/mol. The van der Waals surface area contributed by atoms with Gasteiger partial charge in [-0.05, 0) is 51.6 Å². The van der Waals surface area contributed by atoms with E-state index in [2.05, 4.69) is 22.3 Å². The van der Waals surface area contributed by atoms with Crippen molar-refractivity contribution in [2.24, 2.45) is 0 Å². The second-order valence-electron chi connectivity index (χ2n) is 6.72. The standard InChI is InChI=1S/C18H28N2O2/c1-18(2,22)16-11-7-13-20(16)14-17(21)19-12-6-10-15-8-4-3-5-9-15/h3-5,8-9,16,22H,6-7,10-14H2,1-2H3,(H,19,21). The summed E-state index contributed by atoms with van der Waals surface area (Å²) in [6.07, 6.45) is 3.95. The molecule has 0 bridgehead atoms. The Kier molecular flexibility index (Phi) is 5.98. The molecule has 4 nitrogen and oxygen atoms in total. The summed E-state index contributed by atoms with van der Waals surface area (Å²) in [6.45, 7) is 5.64. The number of likely N-dealkylation sites (tertiary alicyclic amines) is 1. The minimum Gasteiger partial charge on any atom is -0.389 e. The third-order valence-corrected chi connectivity index (χ3v) is 4.33. The van der Waals surface area contributed by atoms with E-state index < -0.39 is 5.60 Å². The minimum absolute atomic E-state index is 0.0595. The third-order valence-electron chi connectivity index (χ3n) is 4.33. The van der Waals surface area contributed by atoms with E-state index in [1.807, 2.05) is 32.0 Å². The highest BCUT2D eigenvalue weighted by atomic mass is 16.3. The molecule has 2 N–H and O–H groups in total. The zero-order valence-electron chi connectivity index (χ0n) is 13.7. The maximum Gasteiger partial charge on any atom is 0.234 e. The van der Waals surface area contributed by atoms with Gasteiger partial charge in [-0.25, -0.2) is 0 Å². The van der Waals surface area contributed by atoms with Crippen LogP contribution in [0, 0.1) is 0 Å². The quantitative estimate of drug-likeness (QED) is 0.757. The number of nitrogens with one attached hydrogen (secondary N) is 1. The van der Waals surface area contributed by atoms with Crippen LogP contribution in [0.2, 0.25) is 0 Å². The molecule has 122 valence electrons. The van der Waals surface area contributed by atoms with Crippen molar-refractivity contribution in [3.8, 4) is 0 Å². The van der Waals surface area contributed by atoms with Crippen molar-refractivity contribution in [3.63, 3.8) is 0 Å². The van der Waals surface area contributed by atoms with Crippen LogP contribution in [-0.4, -0.2) is 47.2 Å². The summed E-state index contributed by atoms with van der Waals surface area (Å²) >= 11 is 0. The second-order valence-corrected chi connectivity index (χ2v) is 6.72. The van der Waals surface area contributed by atoms with Crippen molar-refractivity contribution >= 4 is 5.91 Å². The molecule has 0 aliphatic carbocycles. The molecule has 0 saturated carbocycles. The van der Waals surface area contributed by atoms with Gasteiger partial charge in [0.2, 0.25) is 5.91 Å². The topological polar surface area (TPSA) is 52.6 Å². The molecule has 1 aliphatic rings. The summed E-state index contributed by atoms with van der Waals surface area (Å²) in [5, 5.41) is 13.2. The third kappa shape index (κ3) is 5.11. The summed E-state index contributed by atoms with van der Waals surface area (Å²) in [7, 11) is 0. The molecule has 1 aromatic rings. The molecular formula is C18H28N2O2. The Morgan fingerprint density at radius 3 is 2.77 bits per heavy atom. The van der Waals surface area contributed by atoms with Crippen LogP contribution in [0.1, 0.15) is 38.7 Å². The molecule has 1 aromatic carbocycles. The van der Waals surface area contributed by atoms with Gasteiger partial charge < -0.3 is 10.4 Å². The number of hydrogen-bond acceptors (Lipinski definition) is 3. The average Bonchev–Trinajstić information content (AvgIpc) is 2.93. The predicted octanol–water partition coefficient (Wildman–Crippen LogP) is 1.97. The maximum atomic E-state index is 12.0. The highest BCUT2D eigenvalue weighted by Crippen LogP contribution is 2.26. The van der Waals surface area contributed by atoms with Crippen LogP contribution in [-0.2, 0) is 11.2 Å². The second kappa shape index (κ2) is 7.75. The molecule has 0 radical (unpaired) electrons. The molecule has 4 heteroatoms. The number of benzene rings is 1. The number of amides is 1. The fraction of sp³-hybridized carbons (Fsp3) is 0.611. The van der Waals surface area contributed by atoms with Crippen LogP contribution in [0.3, 0.4) is 0 Å². The Labute approximate surface area is 133 Å². The Bertz CT molecular complexity index is 468. The number of carbonyl (C=O) groups is 1. The van der Waals surface area contributed by atoms with Gasteiger partial charge in [-0.3, -0.25) is 9.69 Å². The first-order valence-electron chi connectivity index (χ1n) is 8.24. The number of hydrogen-bond donors (Lipinski definition) is 2. The normalized spacial score (nSPS) is 19.3. The molecular weight excluding hydrogens is 276 g/mol. The van der Waals surface area contributed by atoms with Gasteiger partial charge in [0.15, 0.2) is 0 Å². The van der Waals surface area contributed by atoms with Gasteiger partial charge in [-0.15, -0.1) is 0 Å². The van der Waals surface area contributed by atoms with Gasteiger partial charge in [0.1, 0.15) is 0 Å². The van der Waals surface area contributed by atoms with Crippen molar-refractivity contribution in [2.45, 2.75) is 51.2 Å². The molecule has 1 heterocycles. The predicted molar refractivity (Wildman–Crippen MR) is 88.7 cm³/mol. The molecule has 1 amide bonds. The molecule has 1 saturated heterocycles. The van der Waals surface area contributed by atoms with Gasteiger partial charge in [0.05, 0.1) is 12.1 Å². The van der Waals surface area contributed by atoms with Gasteiger partial charge in [-0.2, -0.15) is 0 Å². The first-order valence-corrected chi connectivity index (χ1v) is 8.24. The monoisotopic (exact) mass is 304 g/mol. The Balaban J connectivity index is 1.67. The summed E-state index contributed by atoms with van der Waals surface area (Å²) in [6, 6.07) is 10.4. The minimum atomic E-state index is -0.746. The van der Waals surface area contributed by atoms with Crippen LogP contribution >= 0.6 is 0 Å². The fourth-order valence-electron chi connectivity index (χ4n) is 3.22. The van der Waals surface area contributed by atoms with E-state index in [9.17, 15) is 9.90 Å². The van der Waals surface area contributed by atoms with E-state index in [0.717, 1.165) is 32.2 Å². The van der Waals surface area contributed by atoms with Gasteiger partial charge in [0.25, 0.3) is 0 Å². The lowest BCUT2D eigenvalue weighted by Gasteiger charge is -2.33. The Morgan fingerprint density at radius 2 is 2.09 bits per heavy atom. The lowest BCUT2D eigenvalue weighted by molar-refractivity contribution is -0.123. The zero-order valence-corrected chi connectivity index (χ0v) is 13.7. The summed E-state index contributed by atoms with van der Waals surface area (Å²) in [4.78, 5) is 14.2. The van der Waals surface area contributed by atoms with Crippen molar-refractivity contribution in [1.82, 2.24) is 10.2 Å². The fourth-order valence-corrected chi connectivity index (χ4v) is 3.22. The van der Waals surface area contributed by atoms with E-state index in [1.54, 1.807) is 0 Å². The lowest BCUT2D eigenvalue weighted by atomic mass is 9.97. The molecule has 1 atom stereocenters. The highest BCUT2D eigenvalue weighted by molar-refractivity contribution is 5.78. The smallest absolute Gasteiger partial charge is 0.234 e. The largest absolute Gasteiger partial charge is 0.389 e. The molecule has 2 rings (SSSR count). The number of aliphatic hydroxyl groups is 1. The van der Waals surface area contributed by atoms with Crippen LogP contribution < -0.4 is 5.32 Å². The summed E-state index contributed by atoms with van der Waals surface area (Å²) in [5.41, 5.74) is 0.558. The van der Waals surface area contributed by atoms with Crippen LogP contribution in [0.4, 0.5) is 0 Å². The number of carbonyl (C=O) groups excluding carboxylic acids is 1. The molecule has 1 unspecified atom stereocenters. The van der Waals surface area contributed by atoms with Crippen molar-refractivity contribution < 1.29 is 9.90 Å². The molecule has 22 heavy (non-hydrogen) atoms. The number of rotatable bonds is 7. The van der Waals surface area contributed by atoms with Crippen LogP contribution in [0.15, 0.2) is 30.3 Å². The van der Waals surface area contributed by atoms with Gasteiger partial charge in [0, 0.05) is 12.6 Å². The molecule has 1 aliphatic heterocycles.